The molecule has 0 N–H and O–H groups in total. The number of hydrogen-bond donors (Lipinski definition) is 0. The van der Waals surface area contributed by atoms with Gasteiger partial charge >= 0.3 is 102 Å². The van der Waals surface area contributed by atoms with Crippen molar-refractivity contribution in [1.29, 1.82) is 0 Å². The van der Waals surface area contributed by atoms with E-state index < -0.39 is 0 Å². The monoisotopic (exact) mass is 309 g/mol. The minimum atomic E-state index is 0.0106. The van der Waals surface area contributed by atoms with Gasteiger partial charge in [0.05, 0.1) is 0 Å². The molecular formula is C14H14I-. The maximum absolute atomic E-state index is 2.28. The molecule has 0 radical (unpaired) electrons. The fourth-order valence-corrected chi connectivity index (χ4v) is 3.60. The zero-order valence-corrected chi connectivity index (χ0v) is 10.9. The Balaban J connectivity index is 2.11. The number of hydrogen-bond acceptors (Lipinski definition) is 0. The first-order valence-corrected chi connectivity index (χ1v) is 7.33. The molecule has 0 aliphatic carbocycles. The number of benzene rings is 2. The Hall–Kier alpha value is -0.830. The van der Waals surface area contributed by atoms with Gasteiger partial charge in [0, 0.05) is 0 Å². The third-order valence-corrected chi connectivity index (χ3v) is 4.96. The summed E-state index contributed by atoms with van der Waals surface area (Å²) in [6.07, 6.45) is 1.13. The molecule has 0 nitrogen and oxygen atoms in total. The second-order valence-electron chi connectivity index (χ2n) is 3.37. The van der Waals surface area contributed by atoms with Crippen LogP contribution in [-0.4, -0.2) is 0 Å². The normalized spacial score (nSPS) is 10.5. The van der Waals surface area contributed by atoms with Crippen LogP contribution >= 0.6 is 0 Å². The van der Waals surface area contributed by atoms with E-state index in [2.05, 4.69) is 61.5 Å². The summed E-state index contributed by atoms with van der Waals surface area (Å²) in [5.41, 5.74) is 1.43. The SMILES string of the molecule is CCc1ccc([I-]c2ccccc2)cc1. The molecule has 15 heavy (non-hydrogen) atoms. The Labute approximate surface area is 102 Å². The first-order chi connectivity index (χ1) is 7.38. The van der Waals surface area contributed by atoms with E-state index in [1.54, 1.807) is 0 Å². The maximum atomic E-state index is 2.28. The van der Waals surface area contributed by atoms with Crippen molar-refractivity contribution in [3.8, 4) is 0 Å². The minimum absolute atomic E-state index is 0.0106. The molecule has 2 aromatic rings. The van der Waals surface area contributed by atoms with Gasteiger partial charge in [0.25, 0.3) is 0 Å². The molecule has 1 heteroatoms. The molecule has 0 heterocycles. The first kappa shape index (κ1) is 10.7. The van der Waals surface area contributed by atoms with Crippen LogP contribution in [0.15, 0.2) is 54.6 Å². The van der Waals surface area contributed by atoms with Gasteiger partial charge in [0.15, 0.2) is 0 Å². The van der Waals surface area contributed by atoms with Crippen LogP contribution in [0.4, 0.5) is 0 Å². The van der Waals surface area contributed by atoms with Gasteiger partial charge in [-0.3, -0.25) is 0 Å². The summed E-state index contributed by atoms with van der Waals surface area (Å²) >= 11 is 0.0106. The molecule has 0 unspecified atom stereocenters. The third-order valence-electron chi connectivity index (χ3n) is 2.27. The summed E-state index contributed by atoms with van der Waals surface area (Å²) in [7, 11) is 0. The van der Waals surface area contributed by atoms with Crippen molar-refractivity contribution < 1.29 is 21.2 Å². The van der Waals surface area contributed by atoms with Crippen molar-refractivity contribution in [3.63, 3.8) is 0 Å². The Morgan fingerprint density at radius 1 is 0.800 bits per heavy atom. The molecule has 0 aromatic heterocycles. The van der Waals surface area contributed by atoms with Gasteiger partial charge < -0.3 is 0 Å². The summed E-state index contributed by atoms with van der Waals surface area (Å²) in [6, 6.07) is 19.8. The molecule has 2 aromatic carbocycles. The quantitative estimate of drug-likeness (QED) is 0.719. The van der Waals surface area contributed by atoms with E-state index in [1.165, 1.54) is 12.7 Å². The van der Waals surface area contributed by atoms with Crippen molar-refractivity contribution in [2.75, 3.05) is 0 Å². The second kappa shape index (κ2) is 5.31. The van der Waals surface area contributed by atoms with E-state index in [0.717, 1.165) is 6.42 Å². The number of rotatable bonds is 3. The van der Waals surface area contributed by atoms with Gasteiger partial charge in [-0.1, -0.05) is 0 Å². The average Bonchev–Trinajstić information content (AvgIpc) is 2.31. The van der Waals surface area contributed by atoms with Crippen molar-refractivity contribution in [2.24, 2.45) is 0 Å². The van der Waals surface area contributed by atoms with Gasteiger partial charge in [-0.15, -0.1) is 0 Å². The molecule has 0 aliphatic rings. The van der Waals surface area contributed by atoms with Gasteiger partial charge in [-0.25, -0.2) is 0 Å². The Bertz CT molecular complexity index is 403. The Morgan fingerprint density at radius 3 is 2.00 bits per heavy atom. The zero-order valence-electron chi connectivity index (χ0n) is 8.78. The summed E-state index contributed by atoms with van der Waals surface area (Å²) in [6.45, 7) is 2.20. The van der Waals surface area contributed by atoms with Crippen LogP contribution in [0.25, 0.3) is 0 Å². The molecular weight excluding hydrogens is 295 g/mol. The van der Waals surface area contributed by atoms with Crippen molar-refractivity contribution >= 4 is 0 Å². The summed E-state index contributed by atoms with van der Waals surface area (Å²) < 4.78 is 2.98. The summed E-state index contributed by atoms with van der Waals surface area (Å²) in [5, 5.41) is 0. The second-order valence-corrected chi connectivity index (χ2v) is 6.40. The molecule has 0 amide bonds. The Morgan fingerprint density at radius 2 is 1.40 bits per heavy atom. The average molecular weight is 309 g/mol. The van der Waals surface area contributed by atoms with Crippen LogP contribution in [0, 0.1) is 7.14 Å². The Kier molecular flexibility index (Phi) is 3.78. The zero-order chi connectivity index (χ0) is 10.5. The summed E-state index contributed by atoms with van der Waals surface area (Å²) in [4.78, 5) is 0. The van der Waals surface area contributed by atoms with Gasteiger partial charge in [0.2, 0.25) is 0 Å². The predicted molar refractivity (Wildman–Crippen MR) is 59.7 cm³/mol. The van der Waals surface area contributed by atoms with Crippen molar-refractivity contribution in [1.82, 2.24) is 0 Å². The molecule has 2 rings (SSSR count). The van der Waals surface area contributed by atoms with E-state index in [4.69, 9.17) is 0 Å². The van der Waals surface area contributed by atoms with E-state index in [0.29, 0.717) is 0 Å². The van der Waals surface area contributed by atoms with Crippen LogP contribution in [0.1, 0.15) is 12.5 Å². The molecule has 0 fully saturated rings. The van der Waals surface area contributed by atoms with E-state index in [9.17, 15) is 0 Å². The summed E-state index contributed by atoms with van der Waals surface area (Å²) in [5.74, 6) is 0. The van der Waals surface area contributed by atoms with Gasteiger partial charge in [-0.05, 0) is 0 Å². The third kappa shape index (κ3) is 3.06. The van der Waals surface area contributed by atoms with Crippen LogP contribution in [0.2, 0.25) is 0 Å². The molecule has 0 saturated carbocycles. The van der Waals surface area contributed by atoms with E-state index in [1.807, 2.05) is 0 Å². The molecule has 78 valence electrons. The standard InChI is InChI=1S/C14H14I/c1-2-12-8-10-14(11-9-12)15-13-6-4-3-5-7-13/h3-11H,2H2,1H3/q-1. The fourth-order valence-electron chi connectivity index (χ4n) is 1.39. The van der Waals surface area contributed by atoms with Gasteiger partial charge in [-0.2, -0.15) is 0 Å². The van der Waals surface area contributed by atoms with Crippen LogP contribution in [-0.2, 0) is 6.42 Å². The molecule has 0 spiro atoms. The molecule has 0 atom stereocenters. The number of aryl methyl sites for hydroxylation is 1. The van der Waals surface area contributed by atoms with Crippen molar-refractivity contribution in [3.05, 3.63) is 67.3 Å². The van der Waals surface area contributed by atoms with Crippen LogP contribution < -0.4 is 21.2 Å². The fraction of sp³-hybridized carbons (Fsp3) is 0.143. The molecule has 0 bridgehead atoms. The first-order valence-electron chi connectivity index (χ1n) is 5.17. The topological polar surface area (TPSA) is 0 Å². The van der Waals surface area contributed by atoms with Gasteiger partial charge in [0.1, 0.15) is 0 Å². The molecule has 0 aliphatic heterocycles. The van der Waals surface area contributed by atoms with Crippen LogP contribution in [0.5, 0.6) is 0 Å². The number of halogens is 1. The van der Waals surface area contributed by atoms with Crippen molar-refractivity contribution in [2.45, 2.75) is 13.3 Å². The predicted octanol–water partition coefficient (Wildman–Crippen LogP) is 0.377. The van der Waals surface area contributed by atoms with E-state index in [-0.39, 0.29) is 21.2 Å². The van der Waals surface area contributed by atoms with Crippen LogP contribution in [0.3, 0.4) is 0 Å². The van der Waals surface area contributed by atoms with E-state index >= 15 is 0 Å². The molecule has 0 saturated heterocycles.